The summed E-state index contributed by atoms with van der Waals surface area (Å²) in [5.41, 5.74) is 2.02. The van der Waals surface area contributed by atoms with E-state index in [2.05, 4.69) is 10.1 Å². The molecule has 2 rings (SSSR count). The van der Waals surface area contributed by atoms with Gasteiger partial charge in [0.05, 0.1) is 5.88 Å². The van der Waals surface area contributed by atoms with Gasteiger partial charge in [0.25, 0.3) is 5.89 Å². The van der Waals surface area contributed by atoms with E-state index in [1.807, 2.05) is 43.3 Å². The normalized spacial score (nSPS) is 10.4. The lowest BCUT2D eigenvalue weighted by Crippen LogP contribution is -2.07. The Hall–Kier alpha value is -1.55. The van der Waals surface area contributed by atoms with Crippen LogP contribution in [0.25, 0.3) is 11.5 Å². The number of nitrogens with zero attached hydrogens (tertiary/aromatic N) is 3. The lowest BCUT2D eigenvalue weighted by Gasteiger charge is -2.11. The third-order valence-corrected chi connectivity index (χ3v) is 2.46. The van der Waals surface area contributed by atoms with Crippen molar-refractivity contribution < 1.29 is 4.52 Å². The van der Waals surface area contributed by atoms with Crippen LogP contribution in [0.3, 0.4) is 0 Å². The molecule has 0 N–H and O–H groups in total. The lowest BCUT2D eigenvalue weighted by atomic mass is 10.2. The summed E-state index contributed by atoms with van der Waals surface area (Å²) in [6.45, 7) is 0. The largest absolute Gasteiger partial charge is 0.378 e. The second-order valence-corrected chi connectivity index (χ2v) is 3.86. The van der Waals surface area contributed by atoms with E-state index >= 15 is 0 Å². The maximum absolute atomic E-state index is 5.60. The highest BCUT2D eigenvalue weighted by Gasteiger charge is 2.07. The number of alkyl halides is 1. The maximum atomic E-state index is 5.60. The van der Waals surface area contributed by atoms with E-state index < -0.39 is 0 Å². The fourth-order valence-electron chi connectivity index (χ4n) is 1.33. The number of aromatic nitrogens is 2. The van der Waals surface area contributed by atoms with Gasteiger partial charge in [-0.25, -0.2) is 0 Å². The Morgan fingerprint density at radius 2 is 1.94 bits per heavy atom. The van der Waals surface area contributed by atoms with Gasteiger partial charge in [-0.3, -0.25) is 0 Å². The van der Waals surface area contributed by atoms with Gasteiger partial charge >= 0.3 is 0 Å². The Labute approximate surface area is 98.8 Å². The zero-order chi connectivity index (χ0) is 11.5. The molecule has 4 nitrogen and oxygen atoms in total. The molecule has 0 unspecified atom stereocenters. The first-order valence-electron chi connectivity index (χ1n) is 4.87. The number of hydrogen-bond donors (Lipinski definition) is 0. The van der Waals surface area contributed by atoms with Crippen molar-refractivity contribution in [3.63, 3.8) is 0 Å². The molecule has 0 aliphatic rings. The van der Waals surface area contributed by atoms with Crippen LogP contribution in [0.2, 0.25) is 0 Å². The van der Waals surface area contributed by atoms with E-state index in [4.69, 9.17) is 16.1 Å². The minimum absolute atomic E-state index is 0.263. The van der Waals surface area contributed by atoms with Gasteiger partial charge in [-0.1, -0.05) is 5.16 Å². The summed E-state index contributed by atoms with van der Waals surface area (Å²) in [6, 6.07) is 7.89. The molecule has 2 aromatic rings. The summed E-state index contributed by atoms with van der Waals surface area (Å²) >= 11 is 5.60. The van der Waals surface area contributed by atoms with Crippen molar-refractivity contribution in [3.05, 3.63) is 30.1 Å². The van der Waals surface area contributed by atoms with Crippen LogP contribution in [0.5, 0.6) is 0 Å². The van der Waals surface area contributed by atoms with Crippen LogP contribution in [-0.2, 0) is 5.88 Å². The van der Waals surface area contributed by atoms with Crippen molar-refractivity contribution in [1.29, 1.82) is 0 Å². The molecule has 84 valence electrons. The molecule has 1 aromatic heterocycles. The number of anilines is 1. The Kier molecular flexibility index (Phi) is 3.10. The average Bonchev–Trinajstić information content (AvgIpc) is 2.77. The second kappa shape index (κ2) is 4.53. The highest BCUT2D eigenvalue weighted by atomic mass is 35.5. The van der Waals surface area contributed by atoms with Crippen LogP contribution in [0, 0.1) is 0 Å². The highest BCUT2D eigenvalue weighted by Crippen LogP contribution is 2.20. The molecule has 0 fully saturated rings. The minimum Gasteiger partial charge on any atom is -0.378 e. The van der Waals surface area contributed by atoms with Gasteiger partial charge in [0, 0.05) is 25.3 Å². The topological polar surface area (TPSA) is 42.2 Å². The molecule has 0 amide bonds. The van der Waals surface area contributed by atoms with E-state index in [9.17, 15) is 0 Å². The summed E-state index contributed by atoms with van der Waals surface area (Å²) in [5.74, 6) is 1.27. The van der Waals surface area contributed by atoms with Gasteiger partial charge in [-0.05, 0) is 24.3 Å². The van der Waals surface area contributed by atoms with Crippen molar-refractivity contribution >= 4 is 17.3 Å². The predicted octanol–water partition coefficient (Wildman–Crippen LogP) is 2.54. The van der Waals surface area contributed by atoms with Crippen LogP contribution in [0.1, 0.15) is 5.82 Å². The van der Waals surface area contributed by atoms with Gasteiger partial charge < -0.3 is 9.42 Å². The fourth-order valence-corrected chi connectivity index (χ4v) is 1.44. The molecular formula is C11H12ClN3O. The monoisotopic (exact) mass is 237 g/mol. The smallest absolute Gasteiger partial charge is 0.257 e. The third-order valence-electron chi connectivity index (χ3n) is 2.22. The number of halogens is 1. The Morgan fingerprint density at radius 1 is 1.25 bits per heavy atom. The number of rotatable bonds is 3. The molecule has 1 heterocycles. The average molecular weight is 238 g/mol. The molecule has 0 saturated heterocycles. The molecule has 16 heavy (non-hydrogen) atoms. The molecule has 0 spiro atoms. The molecule has 0 atom stereocenters. The summed E-state index contributed by atoms with van der Waals surface area (Å²) in [4.78, 5) is 6.18. The number of hydrogen-bond acceptors (Lipinski definition) is 4. The zero-order valence-electron chi connectivity index (χ0n) is 9.14. The van der Waals surface area contributed by atoms with Crippen LogP contribution in [-0.4, -0.2) is 24.2 Å². The van der Waals surface area contributed by atoms with E-state index in [-0.39, 0.29) is 5.88 Å². The first-order valence-corrected chi connectivity index (χ1v) is 5.40. The minimum atomic E-state index is 0.263. The Morgan fingerprint density at radius 3 is 2.44 bits per heavy atom. The molecule has 0 radical (unpaired) electrons. The standard InChI is InChI=1S/C11H12ClN3O/c1-15(2)9-5-3-8(4-6-9)11-13-10(7-12)14-16-11/h3-6H,7H2,1-2H3. The van der Waals surface area contributed by atoms with Gasteiger partial charge in [-0.2, -0.15) is 4.98 Å². The summed E-state index contributed by atoms with van der Waals surface area (Å²) in [6.07, 6.45) is 0. The molecule has 5 heteroatoms. The van der Waals surface area contributed by atoms with E-state index in [1.54, 1.807) is 0 Å². The lowest BCUT2D eigenvalue weighted by molar-refractivity contribution is 0.425. The van der Waals surface area contributed by atoms with Crippen LogP contribution < -0.4 is 4.90 Å². The van der Waals surface area contributed by atoms with Crippen LogP contribution in [0.15, 0.2) is 28.8 Å². The molecule has 0 bridgehead atoms. The third kappa shape index (κ3) is 2.17. The van der Waals surface area contributed by atoms with Crippen molar-refractivity contribution in [2.75, 3.05) is 19.0 Å². The van der Waals surface area contributed by atoms with Gasteiger partial charge in [0.1, 0.15) is 0 Å². The number of benzene rings is 1. The van der Waals surface area contributed by atoms with E-state index in [0.29, 0.717) is 11.7 Å². The SMILES string of the molecule is CN(C)c1ccc(-c2nc(CCl)no2)cc1. The zero-order valence-corrected chi connectivity index (χ0v) is 9.90. The first kappa shape index (κ1) is 11.0. The Bertz CT molecular complexity index is 464. The van der Waals surface area contributed by atoms with Crippen molar-refractivity contribution in [2.24, 2.45) is 0 Å². The van der Waals surface area contributed by atoms with Crippen molar-refractivity contribution in [3.8, 4) is 11.5 Å². The maximum Gasteiger partial charge on any atom is 0.257 e. The second-order valence-electron chi connectivity index (χ2n) is 3.59. The van der Waals surface area contributed by atoms with Crippen molar-refractivity contribution in [2.45, 2.75) is 5.88 Å². The van der Waals surface area contributed by atoms with E-state index in [1.165, 1.54) is 0 Å². The quantitative estimate of drug-likeness (QED) is 0.770. The highest BCUT2D eigenvalue weighted by molar-refractivity contribution is 6.16. The van der Waals surface area contributed by atoms with Crippen LogP contribution in [0.4, 0.5) is 5.69 Å². The summed E-state index contributed by atoms with van der Waals surface area (Å²) in [7, 11) is 3.99. The van der Waals surface area contributed by atoms with Gasteiger partial charge in [0.2, 0.25) is 0 Å². The predicted molar refractivity (Wildman–Crippen MR) is 63.6 cm³/mol. The Balaban J connectivity index is 2.27. The molecule has 0 aliphatic heterocycles. The molecule has 0 aliphatic carbocycles. The summed E-state index contributed by atoms with van der Waals surface area (Å²) in [5, 5.41) is 3.74. The molecule has 1 aromatic carbocycles. The fraction of sp³-hybridized carbons (Fsp3) is 0.273. The van der Waals surface area contributed by atoms with Gasteiger partial charge in [-0.15, -0.1) is 11.6 Å². The van der Waals surface area contributed by atoms with Gasteiger partial charge in [0.15, 0.2) is 5.82 Å². The summed E-state index contributed by atoms with van der Waals surface area (Å²) < 4.78 is 5.08. The molecular weight excluding hydrogens is 226 g/mol. The van der Waals surface area contributed by atoms with E-state index in [0.717, 1.165) is 11.3 Å². The van der Waals surface area contributed by atoms with Crippen LogP contribution >= 0.6 is 11.6 Å². The van der Waals surface area contributed by atoms with Crippen molar-refractivity contribution in [1.82, 2.24) is 10.1 Å². The molecule has 0 saturated carbocycles. The first-order chi connectivity index (χ1) is 7.70.